The number of hydrogen-bond acceptors (Lipinski definition) is 6. The molecular formula is C24H30N6O5. The van der Waals surface area contributed by atoms with E-state index in [4.69, 9.17) is 36.5 Å². The van der Waals surface area contributed by atoms with Crippen LogP contribution >= 0.6 is 0 Å². The zero-order valence-corrected chi connectivity index (χ0v) is 19.3. The predicted molar refractivity (Wildman–Crippen MR) is 129 cm³/mol. The lowest BCUT2D eigenvalue weighted by atomic mass is 10.1. The first-order valence-corrected chi connectivity index (χ1v) is 11.4. The minimum atomic E-state index is -1.21. The molecule has 35 heavy (non-hydrogen) atoms. The van der Waals surface area contributed by atoms with Gasteiger partial charge < -0.3 is 40.6 Å². The Morgan fingerprint density at radius 1 is 1.00 bits per heavy atom. The number of aliphatic carboxylic acids is 1. The van der Waals surface area contributed by atoms with E-state index in [9.17, 15) is 9.90 Å². The fraction of sp³-hybridized carbons (Fsp3) is 0.375. The third-order valence-corrected chi connectivity index (χ3v) is 6.10. The van der Waals surface area contributed by atoms with E-state index in [1.54, 1.807) is 47.4 Å². The van der Waals surface area contributed by atoms with Crippen LogP contribution in [-0.4, -0.2) is 65.1 Å². The van der Waals surface area contributed by atoms with E-state index in [1.165, 1.54) is 0 Å². The van der Waals surface area contributed by atoms with Gasteiger partial charge in [-0.3, -0.25) is 10.8 Å². The third kappa shape index (κ3) is 5.86. The fourth-order valence-electron chi connectivity index (χ4n) is 4.17. The molecule has 0 amide bonds. The number of nitrogens with one attached hydrogen (secondary N) is 2. The first-order chi connectivity index (χ1) is 16.8. The Morgan fingerprint density at radius 3 is 2.29 bits per heavy atom. The number of rotatable bonds is 6. The molecule has 1 fully saturated rings. The van der Waals surface area contributed by atoms with E-state index in [0.717, 1.165) is 18.4 Å². The quantitative estimate of drug-likeness (QED) is 0.304. The van der Waals surface area contributed by atoms with Crippen LogP contribution < -0.4 is 25.7 Å². The van der Waals surface area contributed by atoms with Gasteiger partial charge in [-0.05, 0) is 30.3 Å². The normalized spacial score (nSPS) is 16.9. The zero-order chi connectivity index (χ0) is 24.9. The number of carbonyl (C=O) groups is 1. The molecule has 1 saturated heterocycles. The van der Waals surface area contributed by atoms with Crippen LogP contribution in [0.2, 0.25) is 0 Å². The summed E-state index contributed by atoms with van der Waals surface area (Å²) in [5.41, 5.74) is 12.4. The number of nitrogens with zero attached hydrogens (tertiary/aromatic N) is 2. The Morgan fingerprint density at radius 2 is 1.66 bits per heavy atom. The molecule has 2 aromatic rings. The molecule has 7 N–H and O–H groups in total. The molecule has 2 aliphatic heterocycles. The van der Waals surface area contributed by atoms with Crippen molar-refractivity contribution in [3.63, 3.8) is 0 Å². The Balaban J connectivity index is 1.43. The third-order valence-electron chi connectivity index (χ3n) is 6.10. The van der Waals surface area contributed by atoms with Crippen molar-refractivity contribution in [2.75, 3.05) is 26.2 Å². The molecule has 2 heterocycles. The summed E-state index contributed by atoms with van der Waals surface area (Å²) in [5.74, 6) is 0.581. The van der Waals surface area contributed by atoms with Crippen LogP contribution in [-0.2, 0) is 11.3 Å². The molecule has 1 atom stereocenters. The summed E-state index contributed by atoms with van der Waals surface area (Å²) in [7, 11) is 0. The molecule has 11 nitrogen and oxygen atoms in total. The van der Waals surface area contributed by atoms with Gasteiger partial charge in [-0.1, -0.05) is 12.1 Å². The van der Waals surface area contributed by atoms with Crippen LogP contribution in [0, 0.1) is 10.8 Å². The maximum absolute atomic E-state index is 12.0. The number of hydrogen-bond donors (Lipinski definition) is 5. The molecule has 2 aromatic carbocycles. The average Bonchev–Trinajstić information content (AvgIpc) is 3.06. The van der Waals surface area contributed by atoms with Crippen LogP contribution in [0.25, 0.3) is 0 Å². The van der Waals surface area contributed by atoms with Crippen LogP contribution in [0.5, 0.6) is 17.2 Å². The van der Waals surface area contributed by atoms with Crippen molar-refractivity contribution in [3.05, 3.63) is 53.6 Å². The Kier molecular flexibility index (Phi) is 7.14. The maximum Gasteiger partial charge on any atom is 0.349 e. The smallest absolute Gasteiger partial charge is 0.349 e. The first-order valence-electron chi connectivity index (χ1n) is 11.4. The Labute approximate surface area is 203 Å². The van der Waals surface area contributed by atoms with Gasteiger partial charge in [0, 0.05) is 43.6 Å². The molecule has 1 unspecified atom stereocenters. The summed E-state index contributed by atoms with van der Waals surface area (Å²) >= 11 is 0. The summed E-state index contributed by atoms with van der Waals surface area (Å²) in [5, 5.41) is 25.0. The highest BCUT2D eigenvalue weighted by molar-refractivity contribution is 5.76. The highest BCUT2D eigenvalue weighted by Crippen LogP contribution is 2.31. The van der Waals surface area contributed by atoms with Gasteiger partial charge in [-0.25, -0.2) is 4.79 Å². The zero-order valence-electron chi connectivity index (χ0n) is 19.3. The van der Waals surface area contributed by atoms with Gasteiger partial charge in [0.25, 0.3) is 0 Å². The topological polar surface area (TPSA) is 171 Å². The average molecular weight is 483 g/mol. The number of carboxylic acid groups (broad SMARTS) is 1. The summed E-state index contributed by atoms with van der Waals surface area (Å²) in [4.78, 5) is 15.5. The molecule has 0 saturated carbocycles. The monoisotopic (exact) mass is 482 g/mol. The standard InChI is InChI=1S/C24H30N6O5/c25-23(26)29-9-7-18(8-10-29)34-17-3-1-15(2-4-17)21(22(31)32)35-19-5-6-20-16(13-19)14-30(24(27)28)11-12-33-20/h1-6,13,18,21H,7-12,14H2,(H3,25,26)(H3,27,28)(H,31,32). The van der Waals surface area contributed by atoms with Gasteiger partial charge >= 0.3 is 5.97 Å². The van der Waals surface area contributed by atoms with E-state index in [0.29, 0.717) is 55.6 Å². The number of fused-ring (bicyclic) bond motifs is 1. The number of carboxylic acids is 1. The van der Waals surface area contributed by atoms with Gasteiger partial charge in [-0.15, -0.1) is 0 Å². The molecular weight excluding hydrogens is 452 g/mol. The van der Waals surface area contributed by atoms with E-state index in [-0.39, 0.29) is 18.0 Å². The minimum absolute atomic E-state index is 0.0133. The lowest BCUT2D eigenvalue weighted by molar-refractivity contribution is -0.145. The van der Waals surface area contributed by atoms with E-state index >= 15 is 0 Å². The van der Waals surface area contributed by atoms with Crippen molar-refractivity contribution in [2.24, 2.45) is 11.5 Å². The van der Waals surface area contributed by atoms with Crippen LogP contribution in [0.4, 0.5) is 0 Å². The molecule has 0 aliphatic carbocycles. The van der Waals surface area contributed by atoms with E-state index in [1.807, 2.05) is 4.90 Å². The second kappa shape index (κ2) is 10.4. The number of nitrogens with two attached hydrogens (primary N) is 2. The SMILES string of the molecule is N=C(N)N1CCC(Oc2ccc(C(Oc3ccc4c(c3)CN(C(=N)N)CCO4)C(=O)O)cc2)CC1. The lowest BCUT2D eigenvalue weighted by Crippen LogP contribution is -2.44. The number of ether oxygens (including phenoxy) is 3. The number of guanidine groups is 2. The first kappa shape index (κ1) is 24.0. The number of likely N-dealkylation sites (tertiary alicyclic amines) is 1. The number of benzene rings is 2. The van der Waals surface area contributed by atoms with E-state index in [2.05, 4.69) is 0 Å². The molecule has 186 valence electrons. The molecule has 0 bridgehead atoms. The van der Waals surface area contributed by atoms with Crippen molar-refractivity contribution >= 4 is 17.9 Å². The summed E-state index contributed by atoms with van der Waals surface area (Å²) in [6, 6.07) is 12.0. The lowest BCUT2D eigenvalue weighted by Gasteiger charge is -2.32. The van der Waals surface area contributed by atoms with Crippen LogP contribution in [0.15, 0.2) is 42.5 Å². The fourth-order valence-corrected chi connectivity index (χ4v) is 4.17. The molecule has 11 heteroatoms. The molecule has 2 aliphatic rings. The molecule has 0 spiro atoms. The molecule has 4 rings (SSSR count). The maximum atomic E-state index is 12.0. The van der Waals surface area contributed by atoms with Crippen molar-refractivity contribution < 1.29 is 24.1 Å². The second-order valence-corrected chi connectivity index (χ2v) is 8.52. The van der Waals surface area contributed by atoms with Gasteiger partial charge in [0.15, 0.2) is 11.9 Å². The predicted octanol–water partition coefficient (Wildman–Crippen LogP) is 1.72. The van der Waals surface area contributed by atoms with Crippen LogP contribution in [0.1, 0.15) is 30.1 Å². The van der Waals surface area contributed by atoms with Crippen molar-refractivity contribution in [2.45, 2.75) is 31.6 Å². The Bertz CT molecular complexity index is 1080. The largest absolute Gasteiger partial charge is 0.491 e. The van der Waals surface area contributed by atoms with Crippen molar-refractivity contribution in [1.82, 2.24) is 9.80 Å². The summed E-state index contributed by atoms with van der Waals surface area (Å²) in [6.07, 6.45) is 0.312. The van der Waals surface area contributed by atoms with Crippen LogP contribution in [0.3, 0.4) is 0 Å². The van der Waals surface area contributed by atoms with Crippen molar-refractivity contribution in [1.29, 1.82) is 10.8 Å². The molecule has 0 radical (unpaired) electrons. The van der Waals surface area contributed by atoms with Gasteiger partial charge in [0.2, 0.25) is 6.10 Å². The minimum Gasteiger partial charge on any atom is -0.491 e. The second-order valence-electron chi connectivity index (χ2n) is 8.52. The summed E-state index contributed by atoms with van der Waals surface area (Å²) in [6.45, 7) is 2.60. The Hall–Kier alpha value is -4.15. The van der Waals surface area contributed by atoms with Gasteiger partial charge in [0.1, 0.15) is 30.0 Å². The highest BCUT2D eigenvalue weighted by atomic mass is 16.5. The van der Waals surface area contributed by atoms with Gasteiger partial charge in [0.05, 0.1) is 6.54 Å². The van der Waals surface area contributed by atoms with Gasteiger partial charge in [-0.2, -0.15) is 0 Å². The van der Waals surface area contributed by atoms with Crippen molar-refractivity contribution in [3.8, 4) is 17.2 Å². The summed E-state index contributed by atoms with van der Waals surface area (Å²) < 4.78 is 17.6. The highest BCUT2D eigenvalue weighted by Gasteiger charge is 2.25. The number of piperidine rings is 1. The molecule has 0 aromatic heterocycles. The van der Waals surface area contributed by atoms with E-state index < -0.39 is 12.1 Å².